The van der Waals surface area contributed by atoms with Gasteiger partial charge in [0.1, 0.15) is 5.76 Å². The third-order valence-electron chi connectivity index (χ3n) is 4.42. The largest absolute Gasteiger partial charge is 0.467 e. The molecule has 3 rings (SSSR count). The summed E-state index contributed by atoms with van der Waals surface area (Å²) < 4.78 is 5.15. The average molecular weight is 356 g/mol. The molecule has 1 aromatic carbocycles. The summed E-state index contributed by atoms with van der Waals surface area (Å²) in [5.74, 6) is -0.713. The van der Waals surface area contributed by atoms with E-state index in [1.165, 1.54) is 6.26 Å². The summed E-state index contributed by atoms with van der Waals surface area (Å²) in [5, 5.41) is 10.1. The first-order chi connectivity index (χ1) is 12.3. The van der Waals surface area contributed by atoms with Crippen LogP contribution >= 0.6 is 0 Å². The Hall–Kier alpha value is -2.93. The molecule has 1 atom stereocenters. The van der Waals surface area contributed by atoms with Gasteiger partial charge in [0.05, 0.1) is 19.4 Å². The summed E-state index contributed by atoms with van der Waals surface area (Å²) in [4.78, 5) is 39.3. The van der Waals surface area contributed by atoms with Gasteiger partial charge in [-0.15, -0.1) is 0 Å². The monoisotopic (exact) mass is 356 g/mol. The lowest BCUT2D eigenvalue weighted by Gasteiger charge is -2.17. The zero-order valence-corrected chi connectivity index (χ0v) is 14.9. The Morgan fingerprint density at radius 2 is 1.85 bits per heavy atom. The van der Waals surface area contributed by atoms with Gasteiger partial charge in [0.2, 0.25) is 6.23 Å². The summed E-state index contributed by atoms with van der Waals surface area (Å²) in [6.45, 7) is 5.11. The van der Waals surface area contributed by atoms with Gasteiger partial charge in [0, 0.05) is 5.56 Å². The predicted molar refractivity (Wildman–Crippen MR) is 92.4 cm³/mol. The fraction of sp³-hybridized carbons (Fsp3) is 0.316. The molecule has 0 aliphatic carbocycles. The summed E-state index contributed by atoms with van der Waals surface area (Å²) >= 11 is 0. The molecule has 136 valence electrons. The van der Waals surface area contributed by atoms with Crippen molar-refractivity contribution in [1.29, 1.82) is 0 Å². The number of aliphatic hydroxyl groups is 1. The molecule has 26 heavy (non-hydrogen) atoms. The van der Waals surface area contributed by atoms with Crippen molar-refractivity contribution in [3.05, 3.63) is 58.5 Å². The standard InChI is InChI=1S/C19H20N2O5/c1-11-7-12(2)16(13(3)8-11)15(22)10-21-18(24)17(23)20(19(21)25)9-14-5-4-6-26-14/h4-8,17,23H,9-10H2,1-3H3. The molecule has 1 unspecified atom stereocenters. The number of benzene rings is 1. The van der Waals surface area contributed by atoms with Crippen molar-refractivity contribution in [1.82, 2.24) is 9.80 Å². The molecule has 2 heterocycles. The fourth-order valence-corrected chi connectivity index (χ4v) is 3.34. The number of imide groups is 1. The molecule has 3 amide bonds. The lowest BCUT2D eigenvalue weighted by Crippen LogP contribution is -2.37. The molecule has 0 spiro atoms. The molecular weight excluding hydrogens is 336 g/mol. The first-order valence-corrected chi connectivity index (χ1v) is 8.23. The maximum Gasteiger partial charge on any atom is 0.330 e. The lowest BCUT2D eigenvalue weighted by molar-refractivity contribution is -0.136. The minimum atomic E-state index is -1.62. The Balaban J connectivity index is 1.80. The van der Waals surface area contributed by atoms with E-state index in [9.17, 15) is 19.5 Å². The molecule has 1 fully saturated rings. The number of amides is 3. The van der Waals surface area contributed by atoms with E-state index in [0.29, 0.717) is 11.3 Å². The number of Topliss-reactive ketones (excluding diaryl/α,β-unsaturated/α-hetero) is 1. The van der Waals surface area contributed by atoms with Gasteiger partial charge in [-0.1, -0.05) is 17.7 Å². The molecule has 1 N–H and O–H groups in total. The Morgan fingerprint density at radius 1 is 1.19 bits per heavy atom. The molecule has 1 aliphatic heterocycles. The maximum absolute atomic E-state index is 12.7. The Bertz CT molecular complexity index is 849. The highest BCUT2D eigenvalue weighted by Crippen LogP contribution is 2.22. The minimum absolute atomic E-state index is 0.0496. The van der Waals surface area contributed by atoms with E-state index in [0.717, 1.165) is 26.5 Å². The van der Waals surface area contributed by atoms with E-state index < -0.39 is 24.7 Å². The van der Waals surface area contributed by atoms with E-state index in [2.05, 4.69) is 0 Å². The zero-order valence-electron chi connectivity index (χ0n) is 14.9. The smallest absolute Gasteiger partial charge is 0.330 e. The summed E-state index contributed by atoms with van der Waals surface area (Å²) in [6, 6.07) is 6.33. The van der Waals surface area contributed by atoms with Crippen LogP contribution < -0.4 is 0 Å². The molecule has 7 nitrogen and oxygen atoms in total. The normalized spacial score (nSPS) is 17.3. The van der Waals surface area contributed by atoms with Gasteiger partial charge < -0.3 is 9.52 Å². The summed E-state index contributed by atoms with van der Waals surface area (Å²) in [7, 11) is 0. The quantitative estimate of drug-likeness (QED) is 0.655. The molecule has 2 aromatic rings. The molecule has 7 heteroatoms. The topological polar surface area (TPSA) is 91.1 Å². The number of carbonyl (C=O) groups excluding carboxylic acids is 3. The number of nitrogens with zero attached hydrogens (tertiary/aromatic N) is 2. The summed E-state index contributed by atoms with van der Waals surface area (Å²) in [6.07, 6.45) is -0.186. The molecule has 0 bridgehead atoms. The maximum atomic E-state index is 12.7. The van der Waals surface area contributed by atoms with Crippen LogP contribution in [0.4, 0.5) is 4.79 Å². The van der Waals surface area contributed by atoms with Gasteiger partial charge in [-0.05, 0) is 44.0 Å². The number of ketones is 1. The fourth-order valence-electron chi connectivity index (χ4n) is 3.34. The predicted octanol–water partition coefficient (Wildman–Crippen LogP) is 2.17. The number of carbonyl (C=O) groups is 3. The van der Waals surface area contributed by atoms with E-state index >= 15 is 0 Å². The summed E-state index contributed by atoms with van der Waals surface area (Å²) in [5.41, 5.74) is 3.11. The van der Waals surface area contributed by atoms with Crippen molar-refractivity contribution in [2.75, 3.05) is 6.54 Å². The number of hydrogen-bond donors (Lipinski definition) is 1. The number of aryl methyl sites for hydroxylation is 3. The first-order valence-electron chi connectivity index (χ1n) is 8.23. The van der Waals surface area contributed by atoms with Crippen LogP contribution in [0.1, 0.15) is 32.8 Å². The lowest BCUT2D eigenvalue weighted by atomic mass is 9.96. The van der Waals surface area contributed by atoms with Crippen molar-refractivity contribution in [3.63, 3.8) is 0 Å². The highest BCUT2D eigenvalue weighted by molar-refractivity contribution is 6.09. The Kier molecular flexibility index (Phi) is 4.65. The van der Waals surface area contributed by atoms with Crippen LogP contribution in [0.2, 0.25) is 0 Å². The second-order valence-corrected chi connectivity index (χ2v) is 6.48. The Morgan fingerprint density at radius 3 is 2.42 bits per heavy atom. The van der Waals surface area contributed by atoms with Crippen LogP contribution in [0.5, 0.6) is 0 Å². The van der Waals surface area contributed by atoms with E-state index in [1.807, 2.05) is 32.9 Å². The van der Waals surface area contributed by atoms with Crippen molar-refractivity contribution >= 4 is 17.7 Å². The highest BCUT2D eigenvalue weighted by Gasteiger charge is 2.45. The van der Waals surface area contributed by atoms with E-state index in [-0.39, 0.29) is 12.3 Å². The number of furan rings is 1. The SMILES string of the molecule is Cc1cc(C)c(C(=O)CN2C(=O)C(O)N(Cc3ccco3)C2=O)c(C)c1. The number of urea groups is 1. The third kappa shape index (κ3) is 3.13. The first kappa shape index (κ1) is 17.9. The van der Waals surface area contributed by atoms with Crippen molar-refractivity contribution < 1.29 is 23.9 Å². The van der Waals surface area contributed by atoms with E-state index in [4.69, 9.17) is 4.42 Å². The number of hydrogen-bond acceptors (Lipinski definition) is 5. The minimum Gasteiger partial charge on any atom is -0.467 e. The molecule has 0 radical (unpaired) electrons. The van der Waals surface area contributed by atoms with Gasteiger partial charge in [0.15, 0.2) is 5.78 Å². The number of aliphatic hydroxyl groups excluding tert-OH is 1. The van der Waals surface area contributed by atoms with E-state index in [1.54, 1.807) is 12.1 Å². The molecule has 1 aliphatic rings. The molecular formula is C19H20N2O5. The third-order valence-corrected chi connectivity index (χ3v) is 4.42. The second kappa shape index (κ2) is 6.76. The average Bonchev–Trinajstić information content (AvgIpc) is 3.13. The molecule has 1 aromatic heterocycles. The van der Waals surface area contributed by atoms with Gasteiger partial charge >= 0.3 is 6.03 Å². The van der Waals surface area contributed by atoms with Gasteiger partial charge in [-0.3, -0.25) is 19.4 Å². The molecule has 1 saturated heterocycles. The number of rotatable bonds is 5. The van der Waals surface area contributed by atoms with Crippen molar-refractivity contribution in [3.8, 4) is 0 Å². The van der Waals surface area contributed by atoms with Crippen LogP contribution in [0.25, 0.3) is 0 Å². The van der Waals surface area contributed by atoms with Crippen LogP contribution in [-0.2, 0) is 11.3 Å². The highest BCUT2D eigenvalue weighted by atomic mass is 16.3. The van der Waals surface area contributed by atoms with Crippen LogP contribution in [0.15, 0.2) is 34.9 Å². The molecule has 0 saturated carbocycles. The second-order valence-electron chi connectivity index (χ2n) is 6.48. The van der Waals surface area contributed by atoms with Crippen molar-refractivity contribution in [2.45, 2.75) is 33.5 Å². The van der Waals surface area contributed by atoms with Gasteiger partial charge in [-0.2, -0.15) is 0 Å². The van der Waals surface area contributed by atoms with Crippen LogP contribution in [0.3, 0.4) is 0 Å². The zero-order chi connectivity index (χ0) is 19.0. The Labute approximate surface area is 150 Å². The van der Waals surface area contributed by atoms with Crippen LogP contribution in [-0.4, -0.2) is 45.4 Å². The van der Waals surface area contributed by atoms with Crippen LogP contribution in [0, 0.1) is 20.8 Å². The van der Waals surface area contributed by atoms with Crippen molar-refractivity contribution in [2.24, 2.45) is 0 Å². The van der Waals surface area contributed by atoms with Gasteiger partial charge in [0.25, 0.3) is 5.91 Å². The van der Waals surface area contributed by atoms with Gasteiger partial charge in [-0.25, -0.2) is 4.79 Å².